The Morgan fingerprint density at radius 1 is 1.37 bits per heavy atom. The molecule has 0 saturated heterocycles. The van der Waals surface area contributed by atoms with E-state index in [0.29, 0.717) is 5.02 Å². The van der Waals surface area contributed by atoms with Crippen LogP contribution in [0.2, 0.25) is 5.02 Å². The first-order chi connectivity index (χ1) is 9.09. The van der Waals surface area contributed by atoms with Gasteiger partial charge in [0.1, 0.15) is 6.17 Å². The average Bonchev–Trinajstić information content (AvgIpc) is 2.77. The molecule has 0 amide bonds. The molecule has 2 aromatic rings. The van der Waals surface area contributed by atoms with Gasteiger partial charge in [0.05, 0.1) is 16.4 Å². The highest BCUT2D eigenvalue weighted by molar-refractivity contribution is 9.10. The van der Waals surface area contributed by atoms with Crippen LogP contribution in [-0.2, 0) is 0 Å². The average molecular weight is 340 g/mol. The van der Waals surface area contributed by atoms with E-state index in [-0.39, 0.29) is 12.1 Å². The fourth-order valence-electron chi connectivity index (χ4n) is 2.22. The topological polar surface area (TPSA) is 56.2 Å². The summed E-state index contributed by atoms with van der Waals surface area (Å²) in [5, 5.41) is 4.93. The number of nitrogens with zero attached hydrogens (tertiary/aromatic N) is 3. The summed E-state index contributed by atoms with van der Waals surface area (Å²) in [7, 11) is 0. The molecule has 1 aromatic heterocycles. The lowest BCUT2D eigenvalue weighted by Gasteiger charge is -2.28. The third kappa shape index (κ3) is 2.02. The molecule has 0 bridgehead atoms. The van der Waals surface area contributed by atoms with Gasteiger partial charge in [-0.15, -0.1) is 0 Å². The highest BCUT2D eigenvalue weighted by Gasteiger charge is 2.30. The molecule has 2 unspecified atom stereocenters. The number of hydrogen-bond donors (Lipinski definition) is 1. The van der Waals surface area contributed by atoms with Gasteiger partial charge in [-0.05, 0) is 22.0 Å². The normalized spacial score (nSPS) is 22.0. The lowest BCUT2D eigenvalue weighted by atomic mass is 9.94. The van der Waals surface area contributed by atoms with Gasteiger partial charge < -0.3 is 5.73 Å². The molecule has 2 N–H and O–H groups in total. The third-order valence-electron chi connectivity index (χ3n) is 3.33. The van der Waals surface area contributed by atoms with Crippen LogP contribution in [0.15, 0.2) is 39.9 Å². The van der Waals surface area contributed by atoms with Gasteiger partial charge in [0.25, 0.3) is 0 Å². The van der Waals surface area contributed by atoms with Gasteiger partial charge in [-0.3, -0.25) is 0 Å². The Kier molecular flexibility index (Phi) is 3.20. The highest BCUT2D eigenvalue weighted by atomic mass is 79.9. The largest absolute Gasteiger partial charge is 0.309 e. The number of hydrogen-bond acceptors (Lipinski definition) is 3. The van der Waals surface area contributed by atoms with Crippen molar-refractivity contribution in [2.24, 2.45) is 16.6 Å². The monoisotopic (exact) mass is 338 g/mol. The summed E-state index contributed by atoms with van der Waals surface area (Å²) in [5.41, 5.74) is 8.05. The molecule has 0 aliphatic carbocycles. The minimum atomic E-state index is -0.245. The van der Waals surface area contributed by atoms with Crippen LogP contribution in [0.1, 0.15) is 18.7 Å². The zero-order valence-corrected chi connectivity index (χ0v) is 12.6. The Balaban J connectivity index is 2.20. The molecule has 0 radical (unpaired) electrons. The van der Waals surface area contributed by atoms with Gasteiger partial charge in [-0.1, -0.05) is 36.7 Å². The second-order valence-electron chi connectivity index (χ2n) is 4.52. The molecule has 0 fully saturated rings. The minimum Gasteiger partial charge on any atom is -0.309 e. The second-order valence-corrected chi connectivity index (χ2v) is 5.78. The summed E-state index contributed by atoms with van der Waals surface area (Å²) in [6.45, 7) is 2.03. The van der Waals surface area contributed by atoms with Gasteiger partial charge in [0, 0.05) is 16.5 Å². The van der Waals surface area contributed by atoms with Crippen molar-refractivity contribution in [2.45, 2.75) is 13.1 Å². The van der Waals surface area contributed by atoms with Crippen molar-refractivity contribution in [2.75, 3.05) is 0 Å². The van der Waals surface area contributed by atoms with E-state index in [1.165, 1.54) is 0 Å². The van der Waals surface area contributed by atoms with Crippen LogP contribution >= 0.6 is 27.5 Å². The molecule has 19 heavy (non-hydrogen) atoms. The first-order valence-corrected chi connectivity index (χ1v) is 7.08. The number of benzene rings is 1. The fourth-order valence-corrected chi connectivity index (χ4v) is 2.82. The zero-order valence-electron chi connectivity index (χ0n) is 10.2. The molecule has 0 saturated carbocycles. The van der Waals surface area contributed by atoms with Crippen molar-refractivity contribution in [1.29, 1.82) is 0 Å². The molecule has 2 heterocycles. The molecule has 2 atom stereocenters. The van der Waals surface area contributed by atoms with Crippen molar-refractivity contribution in [1.82, 2.24) is 9.78 Å². The third-order valence-corrected chi connectivity index (χ3v) is 4.22. The van der Waals surface area contributed by atoms with Gasteiger partial charge in [-0.2, -0.15) is 5.10 Å². The zero-order chi connectivity index (χ0) is 13.6. The Hall–Kier alpha value is -1.17. The summed E-state index contributed by atoms with van der Waals surface area (Å²) in [5.74, 6) is 0.778. The molecule has 98 valence electrons. The molecule has 1 aliphatic heterocycles. The number of aliphatic imine (C=N–C) groups is 1. The van der Waals surface area contributed by atoms with Crippen LogP contribution in [-0.4, -0.2) is 15.5 Å². The first kappa shape index (κ1) is 12.8. The van der Waals surface area contributed by atoms with Crippen molar-refractivity contribution in [3.05, 3.63) is 45.5 Å². The van der Waals surface area contributed by atoms with E-state index in [1.54, 1.807) is 10.9 Å². The maximum absolute atomic E-state index is 6.26. The van der Waals surface area contributed by atoms with E-state index in [0.717, 1.165) is 21.6 Å². The predicted molar refractivity (Wildman–Crippen MR) is 80.0 cm³/mol. The van der Waals surface area contributed by atoms with Crippen molar-refractivity contribution < 1.29 is 0 Å². The van der Waals surface area contributed by atoms with Gasteiger partial charge in [0.15, 0.2) is 5.82 Å². The highest BCUT2D eigenvalue weighted by Crippen LogP contribution is 2.36. The Labute approximate surface area is 124 Å². The van der Waals surface area contributed by atoms with E-state index in [9.17, 15) is 0 Å². The van der Waals surface area contributed by atoms with Crippen molar-refractivity contribution in [3.8, 4) is 0 Å². The van der Waals surface area contributed by atoms with E-state index >= 15 is 0 Å². The number of fused-ring (bicyclic) bond motifs is 1. The molecule has 1 aliphatic rings. The molecule has 3 rings (SSSR count). The van der Waals surface area contributed by atoms with Crippen LogP contribution in [0.4, 0.5) is 5.82 Å². The molecule has 1 aromatic carbocycles. The van der Waals surface area contributed by atoms with Crippen LogP contribution in [0.5, 0.6) is 0 Å². The molecular formula is C13H12BrClN4. The lowest BCUT2D eigenvalue weighted by Crippen LogP contribution is -2.34. The smallest absolute Gasteiger partial charge is 0.166 e. The van der Waals surface area contributed by atoms with Crippen LogP contribution in [0.3, 0.4) is 0 Å². The maximum Gasteiger partial charge on any atom is 0.166 e. The summed E-state index contributed by atoms with van der Waals surface area (Å²) in [6, 6.07) is 7.67. The van der Waals surface area contributed by atoms with E-state index < -0.39 is 0 Å². The van der Waals surface area contributed by atoms with E-state index in [2.05, 4.69) is 26.0 Å². The molecule has 0 spiro atoms. The summed E-state index contributed by atoms with van der Waals surface area (Å²) < 4.78 is 2.56. The van der Waals surface area contributed by atoms with E-state index in [4.69, 9.17) is 17.3 Å². The van der Waals surface area contributed by atoms with Crippen molar-refractivity contribution >= 4 is 39.1 Å². The van der Waals surface area contributed by atoms with Gasteiger partial charge >= 0.3 is 0 Å². The summed E-state index contributed by atoms with van der Waals surface area (Å²) >= 11 is 9.69. The predicted octanol–water partition coefficient (Wildman–Crippen LogP) is 3.53. The van der Waals surface area contributed by atoms with Crippen molar-refractivity contribution in [3.63, 3.8) is 0 Å². The van der Waals surface area contributed by atoms with Gasteiger partial charge in [0.2, 0.25) is 0 Å². The summed E-state index contributed by atoms with van der Waals surface area (Å²) in [4.78, 5) is 4.67. The number of rotatable bonds is 1. The standard InChI is InChI=1S/C13H12BrClN4/c1-7-11(8-4-2-3-5-10(8)15)18-13-9(14)6-17-19(13)12(7)16/h2-7,12H,16H2,1H3. The minimum absolute atomic E-state index is 0.0409. The number of nitrogens with two attached hydrogens (primary N) is 1. The molecule has 4 nitrogen and oxygen atoms in total. The number of halogens is 2. The molecule has 6 heteroatoms. The molecular weight excluding hydrogens is 328 g/mol. The maximum atomic E-state index is 6.26. The van der Waals surface area contributed by atoms with E-state index in [1.807, 2.05) is 31.2 Å². The Morgan fingerprint density at radius 2 is 2.11 bits per heavy atom. The van der Waals surface area contributed by atoms with Crippen LogP contribution in [0.25, 0.3) is 0 Å². The summed E-state index contributed by atoms with van der Waals surface area (Å²) in [6.07, 6.45) is 1.46. The van der Waals surface area contributed by atoms with Gasteiger partial charge in [-0.25, -0.2) is 9.67 Å². The Bertz CT molecular complexity index is 664. The van der Waals surface area contributed by atoms with Crippen LogP contribution < -0.4 is 5.73 Å². The van der Waals surface area contributed by atoms with Crippen LogP contribution in [0, 0.1) is 5.92 Å². The Morgan fingerprint density at radius 3 is 2.84 bits per heavy atom. The second kappa shape index (κ2) is 4.74. The first-order valence-electron chi connectivity index (χ1n) is 5.91. The quantitative estimate of drug-likeness (QED) is 0.864. The lowest BCUT2D eigenvalue weighted by molar-refractivity contribution is 0.397. The SMILES string of the molecule is CC1C(c2ccccc2Cl)=Nc2c(Br)cnn2C1N. The fraction of sp³-hybridized carbons (Fsp3) is 0.231. The number of aromatic nitrogens is 2.